The number of rotatable bonds is 6. The molecule has 20 heavy (non-hydrogen) atoms. The van der Waals surface area contributed by atoms with Gasteiger partial charge < -0.3 is 10.4 Å². The molecule has 2 aromatic rings. The van der Waals surface area contributed by atoms with E-state index in [1.165, 1.54) is 17.5 Å². The summed E-state index contributed by atoms with van der Waals surface area (Å²) in [4.78, 5) is 24.7. The summed E-state index contributed by atoms with van der Waals surface area (Å²) < 4.78 is 0. The van der Waals surface area contributed by atoms with Crippen LogP contribution in [0.4, 0.5) is 0 Å². The highest BCUT2D eigenvalue weighted by atomic mass is 32.1. The van der Waals surface area contributed by atoms with Gasteiger partial charge in [-0.1, -0.05) is 13.3 Å². The van der Waals surface area contributed by atoms with Crippen LogP contribution in [0.1, 0.15) is 29.4 Å². The zero-order chi connectivity index (χ0) is 14.4. The molecule has 0 bridgehead atoms. The summed E-state index contributed by atoms with van der Waals surface area (Å²) in [6.45, 7) is 2.24. The average Bonchev–Trinajstić information content (AvgIpc) is 2.96. The molecule has 0 saturated carbocycles. The fraction of sp³-hybridized carbons (Fsp3) is 0.385. The Kier molecular flexibility index (Phi) is 5.14. The van der Waals surface area contributed by atoms with E-state index < -0.39 is 6.10 Å². The van der Waals surface area contributed by atoms with Gasteiger partial charge in [-0.3, -0.25) is 4.79 Å². The van der Waals surface area contributed by atoms with Gasteiger partial charge in [-0.15, -0.1) is 11.3 Å². The van der Waals surface area contributed by atoms with Crippen LogP contribution in [-0.2, 0) is 0 Å². The van der Waals surface area contributed by atoms with Crippen molar-refractivity contribution < 1.29 is 9.90 Å². The molecule has 1 unspecified atom stereocenters. The lowest BCUT2D eigenvalue weighted by Crippen LogP contribution is -2.31. The molecule has 0 saturated heterocycles. The number of carbonyl (C=O) groups excluding carboxylic acids is 1. The summed E-state index contributed by atoms with van der Waals surface area (Å²) in [6.07, 6.45) is 5.81. The van der Waals surface area contributed by atoms with Gasteiger partial charge in [0.05, 0.1) is 12.3 Å². The zero-order valence-corrected chi connectivity index (χ0v) is 11.9. The van der Waals surface area contributed by atoms with Crippen LogP contribution in [0.2, 0.25) is 0 Å². The highest BCUT2D eigenvalue weighted by Gasteiger charge is 2.13. The first-order chi connectivity index (χ1) is 9.70. The minimum atomic E-state index is -0.506. The Morgan fingerprint density at radius 3 is 2.85 bits per heavy atom. The van der Waals surface area contributed by atoms with Crippen LogP contribution in [0.3, 0.4) is 0 Å². The van der Waals surface area contributed by atoms with Crippen LogP contribution in [0.25, 0.3) is 10.8 Å². The Labute approximate surface area is 120 Å². The van der Waals surface area contributed by atoms with Crippen molar-refractivity contribution in [3.8, 4) is 10.8 Å². The van der Waals surface area contributed by atoms with E-state index in [1.54, 1.807) is 18.5 Å². The van der Waals surface area contributed by atoms with Crippen molar-refractivity contribution in [3.05, 3.63) is 29.5 Å². The standard InChI is InChI=1S/C13H16N4O2S/c1-2-4-9(18)7-16-12(19)10-8-17-13(20-10)11-14-5-3-6-15-11/h3,5-6,8-9,18H,2,4,7H2,1H3,(H,16,19). The lowest BCUT2D eigenvalue weighted by molar-refractivity contribution is 0.0914. The van der Waals surface area contributed by atoms with Crippen molar-refractivity contribution in [1.29, 1.82) is 0 Å². The van der Waals surface area contributed by atoms with Crippen molar-refractivity contribution in [2.24, 2.45) is 0 Å². The van der Waals surface area contributed by atoms with Gasteiger partial charge in [-0.05, 0) is 12.5 Å². The lowest BCUT2D eigenvalue weighted by Gasteiger charge is -2.09. The van der Waals surface area contributed by atoms with Gasteiger partial charge in [-0.25, -0.2) is 15.0 Å². The highest BCUT2D eigenvalue weighted by molar-refractivity contribution is 7.16. The van der Waals surface area contributed by atoms with Gasteiger partial charge in [0.15, 0.2) is 10.8 Å². The summed E-state index contributed by atoms with van der Waals surface area (Å²) >= 11 is 1.23. The van der Waals surface area contributed by atoms with Gasteiger partial charge in [0, 0.05) is 18.9 Å². The van der Waals surface area contributed by atoms with E-state index in [1.807, 2.05) is 6.92 Å². The summed E-state index contributed by atoms with van der Waals surface area (Å²) in [5.41, 5.74) is 0. The molecule has 6 nitrogen and oxygen atoms in total. The van der Waals surface area contributed by atoms with Crippen molar-refractivity contribution in [3.63, 3.8) is 0 Å². The molecule has 1 atom stereocenters. The predicted molar refractivity (Wildman–Crippen MR) is 76.4 cm³/mol. The number of aliphatic hydroxyl groups is 1. The van der Waals surface area contributed by atoms with Crippen LogP contribution in [0, 0.1) is 0 Å². The Morgan fingerprint density at radius 1 is 1.40 bits per heavy atom. The molecule has 1 amide bonds. The molecule has 0 aromatic carbocycles. The molecule has 0 aliphatic heterocycles. The van der Waals surface area contributed by atoms with Crippen LogP contribution in [0.15, 0.2) is 24.7 Å². The van der Waals surface area contributed by atoms with Gasteiger partial charge in [0.25, 0.3) is 5.91 Å². The van der Waals surface area contributed by atoms with Gasteiger partial charge in [0.2, 0.25) is 0 Å². The first kappa shape index (κ1) is 14.5. The number of carbonyl (C=O) groups is 1. The average molecular weight is 292 g/mol. The Balaban J connectivity index is 1.97. The van der Waals surface area contributed by atoms with Crippen LogP contribution >= 0.6 is 11.3 Å². The topological polar surface area (TPSA) is 88.0 Å². The first-order valence-corrected chi connectivity index (χ1v) is 7.21. The molecule has 0 aliphatic rings. The first-order valence-electron chi connectivity index (χ1n) is 6.40. The summed E-state index contributed by atoms with van der Waals surface area (Å²) in [5.74, 6) is 0.266. The molecule has 0 fully saturated rings. The number of aliphatic hydroxyl groups excluding tert-OH is 1. The number of nitrogens with zero attached hydrogens (tertiary/aromatic N) is 3. The monoisotopic (exact) mass is 292 g/mol. The highest BCUT2D eigenvalue weighted by Crippen LogP contribution is 2.21. The molecule has 2 N–H and O–H groups in total. The minimum absolute atomic E-state index is 0.236. The van der Waals surface area contributed by atoms with E-state index in [-0.39, 0.29) is 12.5 Å². The molecule has 7 heteroatoms. The fourth-order valence-corrected chi connectivity index (χ4v) is 2.41. The molecule has 106 valence electrons. The summed E-state index contributed by atoms with van der Waals surface area (Å²) in [5, 5.41) is 12.9. The molecule has 2 heterocycles. The third-order valence-electron chi connectivity index (χ3n) is 2.61. The second-order valence-electron chi connectivity index (χ2n) is 4.25. The molecular formula is C13H16N4O2S. The van der Waals surface area contributed by atoms with Crippen molar-refractivity contribution in [2.45, 2.75) is 25.9 Å². The van der Waals surface area contributed by atoms with Crippen LogP contribution < -0.4 is 5.32 Å². The van der Waals surface area contributed by atoms with E-state index >= 15 is 0 Å². The molecule has 0 spiro atoms. The Morgan fingerprint density at radius 2 is 2.15 bits per heavy atom. The third-order valence-corrected chi connectivity index (χ3v) is 3.60. The zero-order valence-electron chi connectivity index (χ0n) is 11.1. The van der Waals surface area contributed by atoms with Crippen LogP contribution in [-0.4, -0.2) is 38.6 Å². The van der Waals surface area contributed by atoms with E-state index in [4.69, 9.17) is 0 Å². The summed E-state index contributed by atoms with van der Waals surface area (Å²) in [7, 11) is 0. The minimum Gasteiger partial charge on any atom is -0.391 e. The van der Waals surface area contributed by atoms with Gasteiger partial charge in [-0.2, -0.15) is 0 Å². The fourth-order valence-electron chi connectivity index (χ4n) is 1.62. The van der Waals surface area contributed by atoms with Crippen LogP contribution in [0.5, 0.6) is 0 Å². The Bertz CT molecular complexity index is 559. The molecule has 2 rings (SSSR count). The second kappa shape index (κ2) is 7.06. The number of thiazole rings is 1. The van der Waals surface area contributed by atoms with Gasteiger partial charge >= 0.3 is 0 Å². The SMILES string of the molecule is CCCC(O)CNC(=O)c1cnc(-c2ncccn2)s1. The maximum absolute atomic E-state index is 11.9. The van der Waals surface area contributed by atoms with E-state index in [0.29, 0.717) is 22.1 Å². The third kappa shape index (κ3) is 3.82. The summed E-state index contributed by atoms with van der Waals surface area (Å²) in [6, 6.07) is 1.72. The molecule has 2 aromatic heterocycles. The van der Waals surface area contributed by atoms with E-state index in [9.17, 15) is 9.90 Å². The lowest BCUT2D eigenvalue weighted by atomic mass is 10.2. The number of hydrogen-bond donors (Lipinski definition) is 2. The smallest absolute Gasteiger partial charge is 0.263 e. The van der Waals surface area contributed by atoms with Crippen molar-refractivity contribution in [1.82, 2.24) is 20.3 Å². The predicted octanol–water partition coefficient (Wildman–Crippen LogP) is 1.49. The van der Waals surface area contributed by atoms with Crippen molar-refractivity contribution in [2.75, 3.05) is 6.54 Å². The van der Waals surface area contributed by atoms with Gasteiger partial charge in [0.1, 0.15) is 4.88 Å². The number of nitrogens with one attached hydrogen (secondary N) is 1. The quantitative estimate of drug-likeness (QED) is 0.842. The van der Waals surface area contributed by atoms with Crippen molar-refractivity contribution >= 4 is 17.2 Å². The Hall–Kier alpha value is -1.86. The molecule has 0 aliphatic carbocycles. The second-order valence-corrected chi connectivity index (χ2v) is 5.29. The molecular weight excluding hydrogens is 276 g/mol. The normalized spacial score (nSPS) is 12.1. The van der Waals surface area contributed by atoms with E-state index in [0.717, 1.165) is 6.42 Å². The van der Waals surface area contributed by atoms with E-state index in [2.05, 4.69) is 20.3 Å². The number of hydrogen-bond acceptors (Lipinski definition) is 6. The molecule has 0 radical (unpaired) electrons. The number of aromatic nitrogens is 3. The maximum atomic E-state index is 11.9. The maximum Gasteiger partial charge on any atom is 0.263 e. The number of amides is 1. The largest absolute Gasteiger partial charge is 0.391 e.